The molecule has 0 aliphatic rings. The molecule has 0 aliphatic carbocycles. The van der Waals surface area contributed by atoms with Gasteiger partial charge in [-0.05, 0) is 83.5 Å². The van der Waals surface area contributed by atoms with Crippen LogP contribution in [0.15, 0.2) is 85.1 Å². The minimum absolute atomic E-state index is 0.0580. The van der Waals surface area contributed by atoms with Crippen LogP contribution < -0.4 is 0 Å². The van der Waals surface area contributed by atoms with Gasteiger partial charge in [0.25, 0.3) is 0 Å². The van der Waals surface area contributed by atoms with Gasteiger partial charge in [0.15, 0.2) is 6.10 Å². The van der Waals surface area contributed by atoms with Gasteiger partial charge in [-0.1, -0.05) is 118 Å². The number of aliphatic hydroxyl groups is 2. The number of esters is 2. The van der Waals surface area contributed by atoms with Crippen LogP contribution in [-0.2, 0) is 28.2 Å². The van der Waals surface area contributed by atoms with Gasteiger partial charge in [0.2, 0.25) is 0 Å². The van der Waals surface area contributed by atoms with Crippen LogP contribution in [0.3, 0.4) is 0 Å². The molecule has 4 N–H and O–H groups in total. The molecule has 296 valence electrons. The van der Waals surface area contributed by atoms with E-state index in [0.717, 1.165) is 77.0 Å². The summed E-state index contributed by atoms with van der Waals surface area (Å²) < 4.78 is 26.1. The zero-order valence-electron chi connectivity index (χ0n) is 31.6. The number of hydrogen-bond donors (Lipinski definition) is 4. The first-order valence-corrected chi connectivity index (χ1v) is 20.6. The molecule has 10 nitrogen and oxygen atoms in total. The standard InChI is InChI=1S/C41H67O10P/c1-3-5-7-9-11-13-15-17-18-19-21-23-25-27-29-33-41(45)51-37(36-50-52(46,47)48)35-49-40(44)34-30-32-39(43)38(42)31-28-26-24-22-20-16-14-12-10-8-6-4-2/h5-8,11-14,17-18,20,22,26,28,37-39,42-43H,3-4,9-10,15-16,19,21,23-25,27,29-36H2,1-2H3,(H2,46,47,48)/b7-5-,8-6-,13-11-,14-12-,18-17-,22-20-,28-26-/t37-,38+,39+/m1/s1. The topological polar surface area (TPSA) is 160 Å². The first kappa shape index (κ1) is 49.1. The molecule has 0 radical (unpaired) electrons. The Morgan fingerprint density at radius 2 is 1.06 bits per heavy atom. The molecular weight excluding hydrogens is 683 g/mol. The van der Waals surface area contributed by atoms with Crippen molar-refractivity contribution in [3.8, 4) is 0 Å². The Bertz CT molecular complexity index is 1150. The number of carbonyl (C=O) groups is 2. The molecule has 0 saturated carbocycles. The summed E-state index contributed by atoms with van der Waals surface area (Å²) in [4.78, 5) is 42.8. The van der Waals surface area contributed by atoms with Crippen LogP contribution >= 0.6 is 7.82 Å². The zero-order chi connectivity index (χ0) is 38.5. The van der Waals surface area contributed by atoms with E-state index in [2.05, 4.69) is 85.2 Å². The smallest absolute Gasteiger partial charge is 0.462 e. The molecule has 0 unspecified atom stereocenters. The van der Waals surface area contributed by atoms with Gasteiger partial charge in [0, 0.05) is 12.8 Å². The molecule has 0 aromatic rings. The van der Waals surface area contributed by atoms with E-state index in [9.17, 15) is 24.4 Å². The van der Waals surface area contributed by atoms with Crippen molar-refractivity contribution in [1.82, 2.24) is 0 Å². The Hall–Kier alpha value is -2.85. The van der Waals surface area contributed by atoms with Crippen molar-refractivity contribution < 1.29 is 48.2 Å². The summed E-state index contributed by atoms with van der Waals surface area (Å²) in [5.41, 5.74) is 0. The Labute approximate surface area is 313 Å². The molecule has 0 aromatic carbocycles. The Morgan fingerprint density at radius 1 is 0.577 bits per heavy atom. The van der Waals surface area contributed by atoms with Crippen molar-refractivity contribution in [2.45, 2.75) is 148 Å². The van der Waals surface area contributed by atoms with E-state index in [1.807, 2.05) is 18.2 Å². The molecule has 0 aromatic heterocycles. The van der Waals surface area contributed by atoms with Gasteiger partial charge in [0.1, 0.15) is 6.61 Å². The third-order valence-electron chi connectivity index (χ3n) is 7.61. The van der Waals surface area contributed by atoms with Crippen LogP contribution in [0, 0.1) is 0 Å². The predicted molar refractivity (Wildman–Crippen MR) is 209 cm³/mol. The van der Waals surface area contributed by atoms with Gasteiger partial charge in [-0.15, -0.1) is 0 Å². The van der Waals surface area contributed by atoms with Gasteiger partial charge in [-0.2, -0.15) is 0 Å². The van der Waals surface area contributed by atoms with E-state index >= 15 is 0 Å². The maximum absolute atomic E-state index is 12.4. The van der Waals surface area contributed by atoms with Gasteiger partial charge in [-0.3, -0.25) is 14.1 Å². The lowest BCUT2D eigenvalue weighted by Crippen LogP contribution is -2.29. The van der Waals surface area contributed by atoms with Crippen molar-refractivity contribution in [3.05, 3.63) is 85.1 Å². The molecular formula is C41H67O10P. The van der Waals surface area contributed by atoms with E-state index in [-0.39, 0.29) is 32.1 Å². The first-order chi connectivity index (χ1) is 25.1. The van der Waals surface area contributed by atoms with Crippen LogP contribution in [-0.4, -0.2) is 63.5 Å². The normalized spacial score (nSPS) is 14.7. The molecule has 0 saturated heterocycles. The number of allylic oxidation sites excluding steroid dienone is 13. The average Bonchev–Trinajstić information content (AvgIpc) is 3.11. The highest BCUT2D eigenvalue weighted by molar-refractivity contribution is 7.46. The maximum atomic E-state index is 12.4. The molecule has 0 rings (SSSR count). The Kier molecular flexibility index (Phi) is 33.3. The number of aliphatic hydroxyl groups excluding tert-OH is 2. The summed E-state index contributed by atoms with van der Waals surface area (Å²) in [5, 5.41) is 20.5. The number of phosphoric acid groups is 1. The fourth-order valence-corrected chi connectivity index (χ4v) is 5.07. The van der Waals surface area contributed by atoms with Crippen molar-refractivity contribution in [3.63, 3.8) is 0 Å². The fraction of sp³-hybridized carbons (Fsp3) is 0.610. The third-order valence-corrected chi connectivity index (χ3v) is 8.10. The summed E-state index contributed by atoms with van der Waals surface area (Å²) in [6.07, 6.45) is 39.1. The van der Waals surface area contributed by atoms with E-state index in [0.29, 0.717) is 6.42 Å². The SMILES string of the molecule is CC/C=C\C/C=C\C/C=C\C/C=C\C[C@H](O)[C@@H](O)CCCC(=O)OC[C@H](COP(=O)(O)O)OC(=O)CCCCCCC/C=C\C/C=C\C/C=C\CC. The van der Waals surface area contributed by atoms with Crippen LogP contribution in [0.1, 0.15) is 129 Å². The van der Waals surface area contributed by atoms with Gasteiger partial charge in [-0.25, -0.2) is 4.57 Å². The lowest BCUT2D eigenvalue weighted by Gasteiger charge is -2.19. The van der Waals surface area contributed by atoms with Crippen LogP contribution in [0.2, 0.25) is 0 Å². The lowest BCUT2D eigenvalue weighted by atomic mass is 10.0. The highest BCUT2D eigenvalue weighted by atomic mass is 31.2. The monoisotopic (exact) mass is 750 g/mol. The van der Waals surface area contributed by atoms with Crippen molar-refractivity contribution >= 4 is 19.8 Å². The highest BCUT2D eigenvalue weighted by Crippen LogP contribution is 2.36. The molecule has 0 bridgehead atoms. The van der Waals surface area contributed by atoms with Crippen molar-refractivity contribution in [2.24, 2.45) is 0 Å². The van der Waals surface area contributed by atoms with Crippen molar-refractivity contribution in [1.29, 1.82) is 0 Å². The second kappa shape index (κ2) is 35.2. The number of rotatable bonds is 33. The molecule has 0 aliphatic heterocycles. The number of hydrogen-bond acceptors (Lipinski definition) is 8. The second-order valence-corrected chi connectivity index (χ2v) is 13.7. The second-order valence-electron chi connectivity index (χ2n) is 12.4. The Balaban J connectivity index is 4.27. The zero-order valence-corrected chi connectivity index (χ0v) is 32.5. The first-order valence-electron chi connectivity index (χ1n) is 19.0. The summed E-state index contributed by atoms with van der Waals surface area (Å²) in [5.74, 6) is -1.20. The summed E-state index contributed by atoms with van der Waals surface area (Å²) in [6, 6.07) is 0. The molecule has 0 spiro atoms. The highest BCUT2D eigenvalue weighted by Gasteiger charge is 2.23. The van der Waals surface area contributed by atoms with Crippen LogP contribution in [0.5, 0.6) is 0 Å². The van der Waals surface area contributed by atoms with Gasteiger partial charge < -0.3 is 29.5 Å². The molecule has 3 atom stereocenters. The average molecular weight is 751 g/mol. The van der Waals surface area contributed by atoms with Crippen LogP contribution in [0.4, 0.5) is 0 Å². The van der Waals surface area contributed by atoms with Gasteiger partial charge in [0.05, 0.1) is 18.8 Å². The summed E-state index contributed by atoms with van der Waals surface area (Å²) in [6.45, 7) is 3.16. The molecule has 0 amide bonds. The minimum Gasteiger partial charge on any atom is -0.462 e. The number of ether oxygens (including phenoxy) is 2. The largest absolute Gasteiger partial charge is 0.469 e. The molecule has 0 heterocycles. The fourth-order valence-electron chi connectivity index (χ4n) is 4.71. The summed E-state index contributed by atoms with van der Waals surface area (Å²) in [7, 11) is -4.83. The molecule has 0 fully saturated rings. The number of unbranched alkanes of at least 4 members (excludes halogenated alkanes) is 5. The van der Waals surface area contributed by atoms with E-state index in [1.54, 1.807) is 0 Å². The molecule has 11 heteroatoms. The van der Waals surface area contributed by atoms with E-state index in [1.165, 1.54) is 0 Å². The third kappa shape index (κ3) is 35.5. The van der Waals surface area contributed by atoms with E-state index in [4.69, 9.17) is 19.3 Å². The minimum atomic E-state index is -4.83. The number of carbonyl (C=O) groups excluding carboxylic acids is 2. The van der Waals surface area contributed by atoms with Gasteiger partial charge >= 0.3 is 19.8 Å². The van der Waals surface area contributed by atoms with Crippen molar-refractivity contribution in [2.75, 3.05) is 13.2 Å². The quantitative estimate of drug-likeness (QED) is 0.0220. The van der Waals surface area contributed by atoms with Crippen LogP contribution in [0.25, 0.3) is 0 Å². The lowest BCUT2D eigenvalue weighted by molar-refractivity contribution is -0.161. The molecule has 52 heavy (non-hydrogen) atoms. The van der Waals surface area contributed by atoms with E-state index < -0.39 is 51.3 Å². The summed E-state index contributed by atoms with van der Waals surface area (Å²) >= 11 is 0. The number of phosphoric ester groups is 1. The maximum Gasteiger partial charge on any atom is 0.469 e. The predicted octanol–water partition coefficient (Wildman–Crippen LogP) is 9.23. The Morgan fingerprint density at radius 3 is 1.62 bits per heavy atom.